The summed E-state index contributed by atoms with van der Waals surface area (Å²) in [6.45, 7) is 5.38. The summed E-state index contributed by atoms with van der Waals surface area (Å²) in [7, 11) is 1.46. The van der Waals surface area contributed by atoms with Crippen molar-refractivity contribution in [3.8, 4) is 0 Å². The zero-order valence-electron chi connectivity index (χ0n) is 9.66. The zero-order chi connectivity index (χ0) is 11.5. The molecule has 1 heterocycles. The molecular weight excluding hydrogens is 196 g/mol. The van der Waals surface area contributed by atoms with Gasteiger partial charge in [0.2, 0.25) is 0 Å². The second kappa shape index (κ2) is 4.94. The van der Waals surface area contributed by atoms with Gasteiger partial charge in [0.05, 0.1) is 0 Å². The number of methoxy groups -OCH3 is 1. The molecule has 1 rings (SSSR count). The minimum Gasteiger partial charge on any atom is -0.479 e. The van der Waals surface area contributed by atoms with Gasteiger partial charge in [0.15, 0.2) is 6.10 Å². The molecule has 1 saturated heterocycles. The van der Waals surface area contributed by atoms with E-state index in [4.69, 9.17) is 14.6 Å². The highest BCUT2D eigenvalue weighted by Gasteiger charge is 2.42. The number of carboxylic acid groups (broad SMARTS) is 1. The lowest BCUT2D eigenvalue weighted by Crippen LogP contribution is -2.45. The van der Waals surface area contributed by atoms with Crippen molar-refractivity contribution in [2.75, 3.05) is 20.3 Å². The average molecular weight is 216 g/mol. The third kappa shape index (κ3) is 2.69. The van der Waals surface area contributed by atoms with Gasteiger partial charge in [-0.2, -0.15) is 0 Å². The van der Waals surface area contributed by atoms with E-state index in [-0.39, 0.29) is 5.41 Å². The molecule has 0 amide bonds. The van der Waals surface area contributed by atoms with Crippen molar-refractivity contribution in [2.45, 2.75) is 32.8 Å². The van der Waals surface area contributed by atoms with Gasteiger partial charge in [-0.3, -0.25) is 0 Å². The topological polar surface area (TPSA) is 55.8 Å². The molecule has 0 aromatic carbocycles. The maximum atomic E-state index is 11.1. The summed E-state index contributed by atoms with van der Waals surface area (Å²) in [6.07, 6.45) is 1.10. The number of carboxylic acids is 1. The van der Waals surface area contributed by atoms with E-state index in [0.29, 0.717) is 5.92 Å². The molecular formula is C11H20O4. The van der Waals surface area contributed by atoms with Crippen molar-refractivity contribution >= 4 is 5.97 Å². The van der Waals surface area contributed by atoms with Gasteiger partial charge in [0.1, 0.15) is 0 Å². The average Bonchev–Trinajstić information content (AvgIpc) is 2.19. The first-order valence-corrected chi connectivity index (χ1v) is 5.33. The monoisotopic (exact) mass is 216 g/mol. The number of ether oxygens (including phenoxy) is 2. The predicted molar refractivity (Wildman–Crippen MR) is 55.8 cm³/mol. The smallest absolute Gasteiger partial charge is 0.333 e. The van der Waals surface area contributed by atoms with Crippen LogP contribution in [-0.2, 0) is 14.3 Å². The van der Waals surface area contributed by atoms with Crippen LogP contribution in [0.15, 0.2) is 0 Å². The second-order valence-corrected chi connectivity index (χ2v) is 4.66. The molecule has 0 aromatic rings. The highest BCUT2D eigenvalue weighted by atomic mass is 16.5. The molecule has 1 atom stereocenters. The van der Waals surface area contributed by atoms with Gasteiger partial charge in [0, 0.05) is 25.7 Å². The lowest BCUT2D eigenvalue weighted by molar-refractivity contribution is -0.161. The van der Waals surface area contributed by atoms with Gasteiger partial charge in [-0.1, -0.05) is 13.8 Å². The van der Waals surface area contributed by atoms with Crippen molar-refractivity contribution in [3.05, 3.63) is 0 Å². The fraction of sp³-hybridized carbons (Fsp3) is 0.909. The normalized spacial score (nSPS) is 21.3. The van der Waals surface area contributed by atoms with Gasteiger partial charge in [0.25, 0.3) is 0 Å². The van der Waals surface area contributed by atoms with Crippen LogP contribution in [-0.4, -0.2) is 37.5 Å². The van der Waals surface area contributed by atoms with Crippen LogP contribution in [0.2, 0.25) is 0 Å². The number of rotatable bonds is 4. The number of hydrogen-bond acceptors (Lipinski definition) is 3. The summed E-state index contributed by atoms with van der Waals surface area (Å²) < 4.78 is 10.4. The Hall–Kier alpha value is -0.610. The largest absolute Gasteiger partial charge is 0.479 e. The van der Waals surface area contributed by atoms with Crippen molar-refractivity contribution in [1.29, 1.82) is 0 Å². The van der Waals surface area contributed by atoms with E-state index in [1.165, 1.54) is 7.11 Å². The number of hydrogen-bond donors (Lipinski definition) is 1. The minimum absolute atomic E-state index is 0.343. The fourth-order valence-corrected chi connectivity index (χ4v) is 2.38. The van der Waals surface area contributed by atoms with Gasteiger partial charge in [-0.15, -0.1) is 0 Å². The molecule has 1 N–H and O–H groups in total. The van der Waals surface area contributed by atoms with E-state index in [1.54, 1.807) is 0 Å². The third-order valence-electron chi connectivity index (χ3n) is 3.41. The summed E-state index contributed by atoms with van der Waals surface area (Å²) in [6, 6.07) is 0. The van der Waals surface area contributed by atoms with E-state index in [2.05, 4.69) is 0 Å². The Labute approximate surface area is 90.6 Å². The molecule has 4 nitrogen and oxygen atoms in total. The molecule has 15 heavy (non-hydrogen) atoms. The van der Waals surface area contributed by atoms with Crippen LogP contribution in [0, 0.1) is 11.3 Å². The third-order valence-corrected chi connectivity index (χ3v) is 3.41. The number of carbonyl (C=O) groups is 1. The molecule has 1 fully saturated rings. The fourth-order valence-electron chi connectivity index (χ4n) is 2.38. The Balaban J connectivity index is 2.73. The van der Waals surface area contributed by atoms with Crippen LogP contribution in [0.4, 0.5) is 0 Å². The van der Waals surface area contributed by atoms with Gasteiger partial charge >= 0.3 is 5.97 Å². The van der Waals surface area contributed by atoms with Crippen LogP contribution in [0.1, 0.15) is 26.7 Å². The molecule has 0 spiro atoms. The maximum Gasteiger partial charge on any atom is 0.333 e. The molecule has 0 aliphatic carbocycles. The summed E-state index contributed by atoms with van der Waals surface area (Å²) >= 11 is 0. The number of aliphatic carboxylic acids is 1. The van der Waals surface area contributed by atoms with Crippen LogP contribution in [0.25, 0.3) is 0 Å². The summed E-state index contributed by atoms with van der Waals surface area (Å²) in [5.74, 6) is -0.527. The second-order valence-electron chi connectivity index (χ2n) is 4.66. The SMILES string of the molecule is COC(C(=O)O)C(C)(C)C1CCOCC1. The maximum absolute atomic E-state index is 11.1. The van der Waals surface area contributed by atoms with Crippen molar-refractivity contribution in [1.82, 2.24) is 0 Å². The minimum atomic E-state index is -0.881. The molecule has 1 aliphatic heterocycles. The Morgan fingerprint density at radius 2 is 2.00 bits per heavy atom. The Bertz CT molecular complexity index is 219. The Morgan fingerprint density at radius 1 is 1.47 bits per heavy atom. The Kier molecular flexibility index (Phi) is 4.11. The molecule has 0 saturated carbocycles. The van der Waals surface area contributed by atoms with Crippen molar-refractivity contribution < 1.29 is 19.4 Å². The first-order valence-electron chi connectivity index (χ1n) is 5.33. The molecule has 88 valence electrons. The van der Waals surface area contributed by atoms with E-state index in [1.807, 2.05) is 13.8 Å². The molecule has 0 radical (unpaired) electrons. The highest BCUT2D eigenvalue weighted by Crippen LogP contribution is 2.38. The van der Waals surface area contributed by atoms with Crippen LogP contribution in [0.5, 0.6) is 0 Å². The molecule has 0 bridgehead atoms. The summed E-state index contributed by atoms with van der Waals surface area (Å²) in [4.78, 5) is 11.1. The van der Waals surface area contributed by atoms with Crippen LogP contribution >= 0.6 is 0 Å². The standard InChI is InChI=1S/C11H20O4/c1-11(2,9(14-3)10(12)13)8-4-6-15-7-5-8/h8-9H,4-7H2,1-3H3,(H,12,13). The van der Waals surface area contributed by atoms with Gasteiger partial charge < -0.3 is 14.6 Å². The molecule has 1 aliphatic rings. The molecule has 4 heteroatoms. The van der Waals surface area contributed by atoms with Gasteiger partial charge in [-0.25, -0.2) is 4.79 Å². The lowest BCUT2D eigenvalue weighted by Gasteiger charge is -2.40. The quantitative estimate of drug-likeness (QED) is 0.774. The van der Waals surface area contributed by atoms with Crippen LogP contribution in [0.3, 0.4) is 0 Å². The first-order chi connectivity index (χ1) is 7.00. The summed E-state index contributed by atoms with van der Waals surface area (Å²) in [5, 5.41) is 9.08. The summed E-state index contributed by atoms with van der Waals surface area (Å²) in [5.41, 5.74) is -0.343. The van der Waals surface area contributed by atoms with E-state index >= 15 is 0 Å². The first kappa shape index (κ1) is 12.5. The highest BCUT2D eigenvalue weighted by molar-refractivity contribution is 5.73. The van der Waals surface area contributed by atoms with Gasteiger partial charge in [-0.05, 0) is 18.8 Å². The Morgan fingerprint density at radius 3 is 2.40 bits per heavy atom. The van der Waals surface area contributed by atoms with Crippen molar-refractivity contribution in [2.24, 2.45) is 11.3 Å². The predicted octanol–water partition coefficient (Wildman–Crippen LogP) is 1.54. The van der Waals surface area contributed by atoms with E-state index in [0.717, 1.165) is 26.1 Å². The molecule has 1 unspecified atom stereocenters. The van der Waals surface area contributed by atoms with E-state index < -0.39 is 12.1 Å². The van der Waals surface area contributed by atoms with Crippen LogP contribution < -0.4 is 0 Å². The molecule has 0 aromatic heterocycles. The zero-order valence-corrected chi connectivity index (χ0v) is 9.66. The van der Waals surface area contributed by atoms with Crippen molar-refractivity contribution in [3.63, 3.8) is 0 Å². The van der Waals surface area contributed by atoms with E-state index in [9.17, 15) is 4.79 Å². The lowest BCUT2D eigenvalue weighted by atomic mass is 9.71.